The topological polar surface area (TPSA) is 111 Å². The molecule has 1 aliphatic carbocycles. The van der Waals surface area contributed by atoms with Crippen LogP contribution in [-0.4, -0.2) is 79.7 Å². The Hall–Kier alpha value is -4.07. The van der Waals surface area contributed by atoms with E-state index in [4.69, 9.17) is 26.5 Å². The molecule has 3 heterocycles. The van der Waals surface area contributed by atoms with Crippen LogP contribution < -0.4 is 10.2 Å². The molecule has 2 aromatic carbocycles. The van der Waals surface area contributed by atoms with E-state index in [1.165, 1.54) is 35.2 Å². The van der Waals surface area contributed by atoms with Crippen molar-refractivity contribution in [3.05, 3.63) is 82.0 Å². The lowest BCUT2D eigenvalue weighted by molar-refractivity contribution is -0.132. The zero-order chi connectivity index (χ0) is 31.9. The number of guanidine groups is 1. The van der Waals surface area contributed by atoms with Gasteiger partial charge in [-0.3, -0.25) is 15.1 Å². The molecule has 1 aromatic heterocycles. The Morgan fingerprint density at radius 2 is 1.93 bits per heavy atom. The standard InChI is InChI=1S/C31H31ClF2N6O4S/c1-38(2)30(42)44-17-25(19-5-6-24(32)23(11-19)27-36-16-26(45-27)39-7-9-43-10-8-39)40-28(41)31(37-29(40)35,15-18-3-4-18)20-12-21(33)14-22(34)13-20/h5-6,11-16,25H,3-4,7-10,17H2,1-2H3,(H2,35,37)/t25-,31-/m1/s1. The van der Waals surface area contributed by atoms with Crippen molar-refractivity contribution in [1.29, 1.82) is 5.41 Å². The minimum absolute atomic E-state index is 0.0240. The second-order valence-corrected chi connectivity index (χ2v) is 12.7. The molecule has 2 amide bonds. The number of halogens is 3. The summed E-state index contributed by atoms with van der Waals surface area (Å²) in [5.74, 6) is -2.65. The third kappa shape index (κ3) is 6.24. The minimum Gasteiger partial charge on any atom is -0.447 e. The summed E-state index contributed by atoms with van der Waals surface area (Å²) in [5.41, 5.74) is 0.333. The molecule has 3 aliphatic rings. The number of benzene rings is 2. The Labute approximate surface area is 267 Å². The van der Waals surface area contributed by atoms with Gasteiger partial charge >= 0.3 is 6.09 Å². The van der Waals surface area contributed by atoms with Gasteiger partial charge in [-0.15, -0.1) is 0 Å². The number of carbonyl (C=O) groups excluding carboxylic acids is 2. The zero-order valence-corrected chi connectivity index (χ0v) is 26.2. The van der Waals surface area contributed by atoms with E-state index in [1.54, 1.807) is 30.5 Å². The number of allylic oxidation sites excluding steroid dienone is 1. The number of carbonyl (C=O) groups is 2. The van der Waals surface area contributed by atoms with Crippen molar-refractivity contribution in [3.63, 3.8) is 0 Å². The van der Waals surface area contributed by atoms with Crippen LogP contribution in [0.5, 0.6) is 0 Å². The predicted molar refractivity (Wildman–Crippen MR) is 166 cm³/mol. The number of hydrogen-bond donors (Lipinski definition) is 2. The zero-order valence-electron chi connectivity index (χ0n) is 24.6. The van der Waals surface area contributed by atoms with Gasteiger partial charge in [-0.05, 0) is 54.3 Å². The lowest BCUT2D eigenvalue weighted by atomic mass is 9.88. The molecular weight excluding hydrogens is 626 g/mol. The van der Waals surface area contributed by atoms with Crippen molar-refractivity contribution >= 4 is 45.9 Å². The first-order chi connectivity index (χ1) is 21.6. The van der Waals surface area contributed by atoms with Crippen molar-refractivity contribution in [2.45, 2.75) is 24.4 Å². The molecule has 10 nitrogen and oxygen atoms in total. The molecule has 2 atom stereocenters. The third-order valence-electron chi connectivity index (χ3n) is 7.85. The van der Waals surface area contributed by atoms with Crippen LogP contribution in [0.2, 0.25) is 5.02 Å². The third-order valence-corrected chi connectivity index (χ3v) is 9.27. The number of nitrogens with one attached hydrogen (secondary N) is 2. The molecule has 0 spiro atoms. The molecule has 2 N–H and O–H groups in total. The number of rotatable bonds is 8. The van der Waals surface area contributed by atoms with Crippen LogP contribution in [0.1, 0.15) is 30.0 Å². The first-order valence-corrected chi connectivity index (χ1v) is 15.5. The number of thiazole rings is 1. The fourth-order valence-electron chi connectivity index (χ4n) is 5.40. The first-order valence-electron chi connectivity index (χ1n) is 14.4. The molecular formula is C31H31ClF2N6O4S. The quantitative estimate of drug-likeness (QED) is 0.317. The highest BCUT2D eigenvalue weighted by Gasteiger charge is 2.53. The van der Waals surface area contributed by atoms with Gasteiger partial charge < -0.3 is 24.6 Å². The highest BCUT2D eigenvalue weighted by Crippen LogP contribution is 2.42. The van der Waals surface area contributed by atoms with Crippen molar-refractivity contribution in [3.8, 4) is 10.6 Å². The van der Waals surface area contributed by atoms with Gasteiger partial charge in [0.1, 0.15) is 28.3 Å². The maximum Gasteiger partial charge on any atom is 0.409 e. The van der Waals surface area contributed by atoms with Crippen molar-refractivity contribution < 1.29 is 27.8 Å². The van der Waals surface area contributed by atoms with Crippen LogP contribution in [-0.2, 0) is 19.8 Å². The molecule has 45 heavy (non-hydrogen) atoms. The van der Waals surface area contributed by atoms with Gasteiger partial charge in [0.25, 0.3) is 5.91 Å². The maximum absolute atomic E-state index is 14.4. The van der Waals surface area contributed by atoms with Gasteiger partial charge in [0.05, 0.1) is 30.5 Å². The van der Waals surface area contributed by atoms with Crippen molar-refractivity contribution in [1.82, 2.24) is 20.1 Å². The lowest BCUT2D eigenvalue weighted by Crippen LogP contribution is -2.43. The van der Waals surface area contributed by atoms with Crippen molar-refractivity contribution in [2.75, 3.05) is 51.9 Å². The van der Waals surface area contributed by atoms with Gasteiger partial charge in [0, 0.05) is 38.8 Å². The molecule has 1 saturated carbocycles. The Morgan fingerprint density at radius 3 is 2.60 bits per heavy atom. The van der Waals surface area contributed by atoms with Crippen LogP contribution >= 0.6 is 22.9 Å². The lowest BCUT2D eigenvalue weighted by Gasteiger charge is -2.29. The van der Waals surface area contributed by atoms with Gasteiger partial charge in [-0.25, -0.2) is 18.6 Å². The summed E-state index contributed by atoms with van der Waals surface area (Å²) in [7, 11) is 3.06. The normalized spacial score (nSPS) is 20.2. The summed E-state index contributed by atoms with van der Waals surface area (Å²) in [6.07, 6.45) is 4.23. The summed E-state index contributed by atoms with van der Waals surface area (Å²) in [5, 5.41) is 13.9. The summed E-state index contributed by atoms with van der Waals surface area (Å²) < 4.78 is 39.9. The number of morpholine rings is 1. The van der Waals surface area contributed by atoms with Gasteiger partial charge in [-0.1, -0.05) is 34.6 Å². The summed E-state index contributed by atoms with van der Waals surface area (Å²) >= 11 is 8.13. The second-order valence-electron chi connectivity index (χ2n) is 11.2. The van der Waals surface area contributed by atoms with Crippen LogP contribution in [0.3, 0.4) is 0 Å². The molecule has 3 fully saturated rings. The number of aromatic nitrogens is 1. The fourth-order valence-corrected chi connectivity index (χ4v) is 6.67. The SMILES string of the molecule is CN(C)C(=O)OC[C@H](c1ccc(Cl)c(-c2ncc(N3CCOCC3)s2)c1)N1C(=N)N[C@](C=C2CC2)(c2cc(F)cc(F)c2)C1=O. The first kappa shape index (κ1) is 30.9. The largest absolute Gasteiger partial charge is 0.447 e. The average molecular weight is 657 g/mol. The molecule has 236 valence electrons. The molecule has 0 radical (unpaired) electrons. The molecule has 0 bridgehead atoms. The van der Waals surface area contributed by atoms with E-state index in [2.05, 4.69) is 15.2 Å². The van der Waals surface area contributed by atoms with Crippen LogP contribution in [0.4, 0.5) is 18.6 Å². The monoisotopic (exact) mass is 656 g/mol. The highest BCUT2D eigenvalue weighted by atomic mass is 35.5. The van der Waals surface area contributed by atoms with E-state index in [1.807, 2.05) is 0 Å². The van der Waals surface area contributed by atoms with E-state index in [-0.39, 0.29) is 18.1 Å². The number of anilines is 1. The maximum atomic E-state index is 14.4. The highest BCUT2D eigenvalue weighted by molar-refractivity contribution is 7.19. The molecule has 2 saturated heterocycles. The van der Waals surface area contributed by atoms with E-state index >= 15 is 0 Å². The van der Waals surface area contributed by atoms with Crippen LogP contribution in [0.25, 0.3) is 10.6 Å². The second kappa shape index (κ2) is 12.4. The van der Waals surface area contributed by atoms with Gasteiger partial charge in [-0.2, -0.15) is 0 Å². The summed E-state index contributed by atoms with van der Waals surface area (Å²) in [4.78, 5) is 36.2. The van der Waals surface area contributed by atoms with Crippen LogP contribution in [0.15, 0.2) is 54.2 Å². The van der Waals surface area contributed by atoms with E-state index in [0.717, 1.165) is 54.7 Å². The number of nitrogens with zero attached hydrogens (tertiary/aromatic N) is 4. The molecule has 6 rings (SSSR count). The molecule has 14 heteroatoms. The van der Waals surface area contributed by atoms with E-state index < -0.39 is 35.2 Å². The van der Waals surface area contributed by atoms with Gasteiger partial charge in [0.15, 0.2) is 11.5 Å². The minimum atomic E-state index is -1.73. The van der Waals surface area contributed by atoms with Gasteiger partial charge in [0.2, 0.25) is 0 Å². The van der Waals surface area contributed by atoms with Crippen molar-refractivity contribution in [2.24, 2.45) is 0 Å². The Bertz CT molecular complexity index is 1670. The molecule has 0 unspecified atom stereocenters. The average Bonchev–Trinajstić information content (AvgIpc) is 3.62. The number of ether oxygens (including phenoxy) is 2. The Balaban J connectivity index is 1.40. The van der Waals surface area contributed by atoms with E-state index in [9.17, 15) is 18.4 Å². The number of hydrogen-bond acceptors (Lipinski definition) is 8. The Morgan fingerprint density at radius 1 is 1.22 bits per heavy atom. The number of amides is 2. The Kier molecular flexibility index (Phi) is 8.51. The molecule has 2 aliphatic heterocycles. The summed E-state index contributed by atoms with van der Waals surface area (Å²) in [6, 6.07) is 7.03. The fraction of sp³-hybridized carbons (Fsp3) is 0.355. The van der Waals surface area contributed by atoms with Crippen LogP contribution in [0, 0.1) is 17.0 Å². The predicted octanol–water partition coefficient (Wildman–Crippen LogP) is 5.30. The molecule has 3 aromatic rings. The smallest absolute Gasteiger partial charge is 0.409 e. The van der Waals surface area contributed by atoms with E-state index in [0.29, 0.717) is 34.4 Å². The summed E-state index contributed by atoms with van der Waals surface area (Å²) in [6.45, 7) is 2.43.